The third kappa shape index (κ3) is 4.32. The van der Waals surface area contributed by atoms with Gasteiger partial charge < -0.3 is 15.1 Å². The molecular weight excluding hydrogens is 386 g/mol. The fourth-order valence-corrected chi connectivity index (χ4v) is 3.18. The van der Waals surface area contributed by atoms with E-state index in [4.69, 9.17) is 0 Å². The van der Waals surface area contributed by atoms with Crippen LogP contribution in [0.3, 0.4) is 0 Å². The third-order valence-corrected chi connectivity index (χ3v) is 4.79. The van der Waals surface area contributed by atoms with Crippen molar-refractivity contribution in [2.45, 2.75) is 0 Å². The number of pyridine rings is 1. The molecule has 1 amide bonds. The van der Waals surface area contributed by atoms with Gasteiger partial charge in [0.2, 0.25) is 0 Å². The summed E-state index contributed by atoms with van der Waals surface area (Å²) in [6.45, 7) is 2.32. The zero-order valence-electron chi connectivity index (χ0n) is 16.0. The Labute approximate surface area is 172 Å². The summed E-state index contributed by atoms with van der Waals surface area (Å²) in [5.74, 6) is 1.90. The van der Waals surface area contributed by atoms with E-state index in [-0.39, 0.29) is 11.6 Å². The van der Waals surface area contributed by atoms with Crippen LogP contribution in [0.15, 0.2) is 60.8 Å². The molecule has 30 heavy (non-hydrogen) atoms. The molecule has 0 radical (unpaired) electrons. The lowest BCUT2D eigenvalue weighted by atomic mass is 10.1. The molecule has 4 rings (SSSR count). The Morgan fingerprint density at radius 1 is 0.933 bits per heavy atom. The molecule has 152 valence electrons. The number of hydrogen-bond donors (Lipinski definition) is 1. The summed E-state index contributed by atoms with van der Waals surface area (Å²) < 4.78 is 0. The van der Waals surface area contributed by atoms with Crippen LogP contribution >= 0.6 is 0 Å². The molecule has 0 saturated carbocycles. The van der Waals surface area contributed by atoms with E-state index in [9.17, 15) is 14.9 Å². The van der Waals surface area contributed by atoms with Gasteiger partial charge in [0.15, 0.2) is 11.6 Å². The minimum Gasteiger partial charge on any atom is -0.352 e. The molecule has 0 atom stereocenters. The summed E-state index contributed by atoms with van der Waals surface area (Å²) in [5, 5.41) is 22.3. The number of amides is 1. The minimum atomic E-state index is -0.481. The maximum absolute atomic E-state index is 12.6. The second-order valence-electron chi connectivity index (χ2n) is 6.70. The summed E-state index contributed by atoms with van der Waals surface area (Å²) >= 11 is 0. The van der Waals surface area contributed by atoms with Gasteiger partial charge in [0, 0.05) is 50.1 Å². The molecule has 3 heterocycles. The summed E-state index contributed by atoms with van der Waals surface area (Å²) in [5.41, 5.74) is 0.412. The molecule has 1 saturated heterocycles. The molecule has 10 heteroatoms. The average molecular weight is 405 g/mol. The highest BCUT2D eigenvalue weighted by Crippen LogP contribution is 2.18. The van der Waals surface area contributed by atoms with Crippen molar-refractivity contribution < 1.29 is 9.72 Å². The van der Waals surface area contributed by atoms with Gasteiger partial charge in [0.1, 0.15) is 5.82 Å². The van der Waals surface area contributed by atoms with E-state index in [1.807, 2.05) is 30.3 Å². The number of piperazine rings is 1. The first-order valence-electron chi connectivity index (χ1n) is 9.40. The number of nitrogens with one attached hydrogen (secondary N) is 1. The van der Waals surface area contributed by atoms with Crippen LogP contribution in [-0.4, -0.2) is 57.1 Å². The van der Waals surface area contributed by atoms with E-state index >= 15 is 0 Å². The Bertz CT molecular complexity index is 1020. The van der Waals surface area contributed by atoms with E-state index < -0.39 is 4.92 Å². The lowest BCUT2D eigenvalue weighted by molar-refractivity contribution is -0.384. The predicted molar refractivity (Wildman–Crippen MR) is 111 cm³/mol. The minimum absolute atomic E-state index is 0.0316. The molecule has 1 aliphatic rings. The van der Waals surface area contributed by atoms with Crippen molar-refractivity contribution in [3.8, 4) is 0 Å². The molecule has 1 aromatic carbocycles. The fourth-order valence-electron chi connectivity index (χ4n) is 3.18. The van der Waals surface area contributed by atoms with E-state index in [1.165, 1.54) is 24.3 Å². The number of aromatic nitrogens is 3. The standard InChI is InChI=1S/C20H19N7O3/c28-20(15-4-6-16(7-5-15)27(29)30)26-13-11-25(12-14-26)19-9-8-18(23-24-19)22-17-3-1-2-10-21-17/h1-10H,11-14H2,(H,21,22,23). The quantitative estimate of drug-likeness (QED) is 0.508. The van der Waals surface area contributed by atoms with Gasteiger partial charge in [-0.05, 0) is 36.4 Å². The Hall–Kier alpha value is -4.08. The Morgan fingerprint density at radius 2 is 1.70 bits per heavy atom. The fraction of sp³-hybridized carbons (Fsp3) is 0.200. The largest absolute Gasteiger partial charge is 0.352 e. The van der Waals surface area contributed by atoms with Crippen LogP contribution in [0.25, 0.3) is 0 Å². The number of nitro benzene ring substituents is 1. The monoisotopic (exact) mass is 405 g/mol. The first-order chi connectivity index (χ1) is 14.6. The normalized spacial score (nSPS) is 13.7. The number of anilines is 3. The molecular formula is C20H19N7O3. The van der Waals surface area contributed by atoms with Crippen LogP contribution in [0, 0.1) is 10.1 Å². The number of carbonyl (C=O) groups is 1. The highest BCUT2D eigenvalue weighted by atomic mass is 16.6. The van der Waals surface area contributed by atoms with Crippen LogP contribution in [0.1, 0.15) is 10.4 Å². The van der Waals surface area contributed by atoms with E-state index in [2.05, 4.69) is 25.4 Å². The van der Waals surface area contributed by atoms with Gasteiger partial charge in [-0.25, -0.2) is 4.98 Å². The van der Waals surface area contributed by atoms with Crippen molar-refractivity contribution in [2.75, 3.05) is 36.4 Å². The van der Waals surface area contributed by atoms with E-state index in [0.717, 1.165) is 5.82 Å². The highest BCUT2D eigenvalue weighted by molar-refractivity contribution is 5.94. The number of carbonyl (C=O) groups excluding carboxylic acids is 1. The highest BCUT2D eigenvalue weighted by Gasteiger charge is 2.23. The molecule has 0 bridgehead atoms. The topological polar surface area (TPSA) is 117 Å². The van der Waals surface area contributed by atoms with Gasteiger partial charge in [-0.1, -0.05) is 6.07 Å². The van der Waals surface area contributed by atoms with Gasteiger partial charge in [0.25, 0.3) is 11.6 Å². The number of nitro groups is 1. The van der Waals surface area contributed by atoms with Crippen molar-refractivity contribution in [2.24, 2.45) is 0 Å². The summed E-state index contributed by atoms with van der Waals surface area (Å²) in [4.78, 5) is 30.9. The second kappa shape index (κ2) is 8.52. The van der Waals surface area contributed by atoms with Crippen molar-refractivity contribution in [1.82, 2.24) is 20.1 Å². The zero-order valence-corrected chi connectivity index (χ0v) is 16.0. The molecule has 0 unspecified atom stereocenters. The van der Waals surface area contributed by atoms with E-state index in [1.54, 1.807) is 11.1 Å². The van der Waals surface area contributed by atoms with Gasteiger partial charge in [-0.2, -0.15) is 0 Å². The van der Waals surface area contributed by atoms with Crippen molar-refractivity contribution in [1.29, 1.82) is 0 Å². The maximum Gasteiger partial charge on any atom is 0.269 e. The number of non-ortho nitro benzene ring substituents is 1. The van der Waals surface area contributed by atoms with Gasteiger partial charge >= 0.3 is 0 Å². The maximum atomic E-state index is 12.6. The summed E-state index contributed by atoms with van der Waals surface area (Å²) in [6, 6.07) is 15.0. The Morgan fingerprint density at radius 3 is 2.30 bits per heavy atom. The SMILES string of the molecule is O=C(c1ccc([N+](=O)[O-])cc1)N1CCN(c2ccc(Nc3ccccn3)nn2)CC1. The number of benzene rings is 1. The molecule has 3 aromatic rings. The van der Waals surface area contributed by atoms with Crippen LogP contribution in [0.5, 0.6) is 0 Å². The third-order valence-electron chi connectivity index (χ3n) is 4.79. The molecule has 0 spiro atoms. The van der Waals surface area contributed by atoms with Gasteiger partial charge in [-0.15, -0.1) is 10.2 Å². The Balaban J connectivity index is 1.33. The first-order valence-corrected chi connectivity index (χ1v) is 9.40. The smallest absolute Gasteiger partial charge is 0.269 e. The van der Waals surface area contributed by atoms with Gasteiger partial charge in [-0.3, -0.25) is 14.9 Å². The lowest BCUT2D eigenvalue weighted by Crippen LogP contribution is -2.49. The molecule has 0 aliphatic carbocycles. The summed E-state index contributed by atoms with van der Waals surface area (Å²) in [6.07, 6.45) is 1.70. The number of rotatable bonds is 5. The molecule has 1 fully saturated rings. The second-order valence-corrected chi connectivity index (χ2v) is 6.70. The van der Waals surface area contributed by atoms with Crippen LogP contribution < -0.4 is 10.2 Å². The van der Waals surface area contributed by atoms with Crippen LogP contribution in [-0.2, 0) is 0 Å². The number of nitrogens with zero attached hydrogens (tertiary/aromatic N) is 6. The van der Waals surface area contributed by atoms with Crippen molar-refractivity contribution >= 4 is 29.0 Å². The van der Waals surface area contributed by atoms with E-state index in [0.29, 0.717) is 43.4 Å². The lowest BCUT2D eigenvalue weighted by Gasteiger charge is -2.35. The molecule has 2 aromatic heterocycles. The molecule has 1 aliphatic heterocycles. The van der Waals surface area contributed by atoms with Crippen LogP contribution in [0.2, 0.25) is 0 Å². The van der Waals surface area contributed by atoms with Crippen molar-refractivity contribution in [3.63, 3.8) is 0 Å². The number of hydrogen-bond acceptors (Lipinski definition) is 8. The average Bonchev–Trinajstić information content (AvgIpc) is 2.80. The van der Waals surface area contributed by atoms with Crippen molar-refractivity contribution in [3.05, 3.63) is 76.5 Å². The summed E-state index contributed by atoms with van der Waals surface area (Å²) in [7, 11) is 0. The van der Waals surface area contributed by atoms with Crippen LogP contribution in [0.4, 0.5) is 23.1 Å². The predicted octanol–water partition coefficient (Wildman–Crippen LogP) is 2.49. The van der Waals surface area contributed by atoms with Gasteiger partial charge in [0.05, 0.1) is 4.92 Å². The zero-order chi connectivity index (χ0) is 20.9. The molecule has 10 nitrogen and oxygen atoms in total. The first kappa shape index (κ1) is 19.2. The Kier molecular flexibility index (Phi) is 5.46. The molecule has 1 N–H and O–H groups in total.